The Morgan fingerprint density at radius 2 is 1.88 bits per heavy atom. The number of halogens is 6. The number of anilines is 2. The smallest absolute Gasteiger partial charge is 0.422 e. The molecule has 5 rings (SSSR count). The lowest BCUT2D eigenvalue weighted by Crippen LogP contribution is -2.36. The summed E-state index contributed by atoms with van der Waals surface area (Å²) in [5.41, 5.74) is 0.567. The van der Waals surface area contributed by atoms with Crippen LogP contribution < -0.4 is 10.1 Å². The first-order chi connectivity index (χ1) is 19.6. The van der Waals surface area contributed by atoms with Gasteiger partial charge in [-0.05, 0) is 30.3 Å². The molecule has 8 nitrogen and oxygen atoms in total. The average molecular weight is 599 g/mol. The Bertz CT molecular complexity index is 1460. The minimum absolute atomic E-state index is 0.000666. The lowest BCUT2D eigenvalue weighted by Gasteiger charge is -2.24. The Labute approximate surface area is 236 Å². The molecule has 2 aliphatic rings. The van der Waals surface area contributed by atoms with E-state index in [1.165, 1.54) is 30.6 Å². The molecule has 41 heavy (non-hydrogen) atoms. The van der Waals surface area contributed by atoms with E-state index in [4.69, 9.17) is 25.8 Å². The third kappa shape index (κ3) is 7.28. The summed E-state index contributed by atoms with van der Waals surface area (Å²) in [5, 5.41) is 3.11. The summed E-state index contributed by atoms with van der Waals surface area (Å²) in [6.07, 6.45) is -3.16. The summed E-state index contributed by atoms with van der Waals surface area (Å²) in [4.78, 5) is 22.9. The van der Waals surface area contributed by atoms with Crippen LogP contribution in [0.5, 0.6) is 5.75 Å². The highest BCUT2D eigenvalue weighted by molar-refractivity contribution is 6.31. The Morgan fingerprint density at radius 3 is 2.56 bits per heavy atom. The van der Waals surface area contributed by atoms with E-state index >= 15 is 0 Å². The molecule has 0 bridgehead atoms. The lowest BCUT2D eigenvalue weighted by molar-refractivity contribution is -0.153. The van der Waals surface area contributed by atoms with Crippen LogP contribution in [0.3, 0.4) is 0 Å². The topological polar surface area (TPSA) is 85.8 Å². The number of Topliss-reactive ketones (excluding diaryl/α,β-unsaturated/α-hetero) is 1. The van der Waals surface area contributed by atoms with Crippen LogP contribution in [0.4, 0.5) is 33.5 Å². The van der Waals surface area contributed by atoms with Gasteiger partial charge >= 0.3 is 6.18 Å². The van der Waals surface area contributed by atoms with Gasteiger partial charge in [-0.25, -0.2) is 18.7 Å². The molecule has 0 unspecified atom stereocenters. The maximum atomic E-state index is 14.9. The Hall–Kier alpha value is -3.39. The lowest BCUT2D eigenvalue weighted by atomic mass is 10.0. The van der Waals surface area contributed by atoms with Crippen molar-refractivity contribution in [1.82, 2.24) is 14.9 Å². The summed E-state index contributed by atoms with van der Waals surface area (Å²) < 4.78 is 83.6. The van der Waals surface area contributed by atoms with E-state index in [9.17, 15) is 26.7 Å². The largest absolute Gasteiger partial charge is 0.484 e. The van der Waals surface area contributed by atoms with Crippen molar-refractivity contribution in [3.05, 3.63) is 65.0 Å². The second-order valence-corrected chi connectivity index (χ2v) is 9.95. The first-order valence-electron chi connectivity index (χ1n) is 12.6. The van der Waals surface area contributed by atoms with Crippen molar-refractivity contribution < 1.29 is 41.0 Å². The summed E-state index contributed by atoms with van der Waals surface area (Å²) >= 11 is 5.85. The zero-order valence-corrected chi connectivity index (χ0v) is 22.1. The molecule has 3 heterocycles. The molecule has 2 fully saturated rings. The fourth-order valence-corrected chi connectivity index (χ4v) is 4.82. The predicted molar refractivity (Wildman–Crippen MR) is 140 cm³/mol. The third-order valence-electron chi connectivity index (χ3n) is 6.58. The molecule has 1 N–H and O–H groups in total. The molecule has 218 valence electrons. The van der Waals surface area contributed by atoms with Gasteiger partial charge in [0.05, 0.1) is 36.0 Å². The molecule has 0 saturated carbocycles. The molecule has 2 saturated heterocycles. The van der Waals surface area contributed by atoms with Crippen molar-refractivity contribution in [3.63, 3.8) is 0 Å². The van der Waals surface area contributed by atoms with Gasteiger partial charge in [0.2, 0.25) is 0 Å². The number of nitrogens with zero attached hydrogens (tertiary/aromatic N) is 3. The summed E-state index contributed by atoms with van der Waals surface area (Å²) in [6.45, 7) is 0.540. The highest BCUT2D eigenvalue weighted by Gasteiger charge is 2.36. The van der Waals surface area contributed by atoms with Gasteiger partial charge in [-0.2, -0.15) is 13.2 Å². The maximum absolute atomic E-state index is 14.9. The van der Waals surface area contributed by atoms with E-state index in [0.717, 1.165) is 12.1 Å². The van der Waals surface area contributed by atoms with Crippen LogP contribution in [-0.2, 0) is 20.7 Å². The number of benzene rings is 2. The first-order valence-corrected chi connectivity index (χ1v) is 13.0. The van der Waals surface area contributed by atoms with Crippen LogP contribution in [-0.4, -0.2) is 78.5 Å². The molecule has 14 heteroatoms. The number of alkyl halides is 3. The quantitative estimate of drug-likeness (QED) is 0.267. The van der Waals surface area contributed by atoms with Crippen LogP contribution >= 0.6 is 11.6 Å². The highest BCUT2D eigenvalue weighted by Crippen LogP contribution is 2.32. The zero-order valence-electron chi connectivity index (χ0n) is 21.4. The monoisotopic (exact) mass is 598 g/mol. The number of likely N-dealkylation sites (tertiary alicyclic amines) is 1. The number of fused-ring (bicyclic) bond motifs is 2. The zero-order chi connectivity index (χ0) is 29.1. The van der Waals surface area contributed by atoms with Crippen LogP contribution in [0.15, 0.2) is 48.6 Å². The normalized spacial score (nSPS) is 19.8. The first kappa shape index (κ1) is 29.1. The molecule has 3 aromatic rings. The van der Waals surface area contributed by atoms with E-state index < -0.39 is 36.6 Å². The molecule has 1 aromatic heterocycles. The fraction of sp³-hybridized carbons (Fsp3) is 0.370. The molecule has 2 aromatic carbocycles. The fourth-order valence-electron chi connectivity index (χ4n) is 4.64. The van der Waals surface area contributed by atoms with Crippen molar-refractivity contribution in [2.45, 2.75) is 24.8 Å². The number of aromatic nitrogens is 2. The van der Waals surface area contributed by atoms with Crippen LogP contribution in [0, 0.1) is 5.82 Å². The van der Waals surface area contributed by atoms with Crippen LogP contribution in [0.25, 0.3) is 10.9 Å². The van der Waals surface area contributed by atoms with E-state index in [0.29, 0.717) is 37.4 Å². The van der Waals surface area contributed by atoms with Gasteiger partial charge < -0.3 is 19.5 Å². The SMILES string of the molecule is O=C(Cc1cc2c(Nc3ccc(F)c(Cl)c3)ncnc2cc1OCC(F)(F)F)/C(F)=C/CN1C[C@@H]2OCCO[C@H]2C1. The number of ketones is 1. The maximum Gasteiger partial charge on any atom is 0.422 e. The Balaban J connectivity index is 1.38. The average Bonchev–Trinajstić information content (AvgIpc) is 3.35. The summed E-state index contributed by atoms with van der Waals surface area (Å²) in [6, 6.07) is 6.46. The second-order valence-electron chi connectivity index (χ2n) is 9.55. The Kier molecular flexibility index (Phi) is 8.68. The van der Waals surface area contributed by atoms with Crippen LogP contribution in [0.2, 0.25) is 5.02 Å². The van der Waals surface area contributed by atoms with Gasteiger partial charge in [0.25, 0.3) is 0 Å². The molecule has 2 atom stereocenters. The minimum atomic E-state index is -4.65. The van der Waals surface area contributed by atoms with E-state index in [1.54, 1.807) is 0 Å². The van der Waals surface area contributed by atoms with Gasteiger partial charge in [0.1, 0.15) is 23.7 Å². The molecular weight excluding hydrogens is 575 g/mol. The van der Waals surface area contributed by atoms with Crippen molar-refractivity contribution in [2.75, 3.05) is 44.8 Å². The van der Waals surface area contributed by atoms with E-state index in [-0.39, 0.29) is 46.4 Å². The summed E-state index contributed by atoms with van der Waals surface area (Å²) in [5.74, 6) is -2.68. The van der Waals surface area contributed by atoms with Crippen molar-refractivity contribution in [3.8, 4) is 5.75 Å². The standard InChI is InChI=1S/C27H24ClF5N4O4/c28-18-9-16(1-2-19(18)29)36-26-17-7-15(23(41-13-27(31,32)33)10-21(17)34-14-35-26)8-22(38)20(30)3-4-37-11-24-25(12-37)40-6-5-39-24/h1-3,7,9-10,14,24-25H,4-6,8,11-13H2,(H,34,35,36)/b20-3-/t24-,25-/m0/s1. The van der Waals surface area contributed by atoms with E-state index in [1.807, 2.05) is 4.90 Å². The molecule has 0 spiro atoms. The van der Waals surface area contributed by atoms with Crippen LogP contribution in [0.1, 0.15) is 5.56 Å². The van der Waals surface area contributed by atoms with Gasteiger partial charge in [-0.1, -0.05) is 11.6 Å². The van der Waals surface area contributed by atoms with Gasteiger partial charge in [-0.3, -0.25) is 9.69 Å². The number of allylic oxidation sites excluding steroid dienone is 1. The number of hydrogen-bond acceptors (Lipinski definition) is 8. The number of rotatable bonds is 9. The Morgan fingerprint density at radius 1 is 1.15 bits per heavy atom. The molecule has 0 aliphatic carbocycles. The number of ether oxygens (including phenoxy) is 3. The third-order valence-corrected chi connectivity index (χ3v) is 6.87. The highest BCUT2D eigenvalue weighted by atomic mass is 35.5. The van der Waals surface area contributed by atoms with Crippen molar-refractivity contribution in [1.29, 1.82) is 0 Å². The number of carbonyl (C=O) groups excluding carboxylic acids is 1. The van der Waals surface area contributed by atoms with Gasteiger partial charge in [0, 0.05) is 48.8 Å². The predicted octanol–water partition coefficient (Wildman–Crippen LogP) is 5.17. The molecular formula is C27H24ClF5N4O4. The van der Waals surface area contributed by atoms with Gasteiger partial charge in [0.15, 0.2) is 18.2 Å². The van der Waals surface area contributed by atoms with Gasteiger partial charge in [-0.15, -0.1) is 0 Å². The minimum Gasteiger partial charge on any atom is -0.484 e. The second kappa shape index (κ2) is 12.2. The number of carbonyl (C=O) groups is 1. The molecule has 0 radical (unpaired) electrons. The summed E-state index contributed by atoms with van der Waals surface area (Å²) in [7, 11) is 0. The van der Waals surface area contributed by atoms with Crippen molar-refractivity contribution in [2.24, 2.45) is 0 Å². The number of hydrogen-bond donors (Lipinski definition) is 1. The van der Waals surface area contributed by atoms with Crippen molar-refractivity contribution >= 4 is 39.8 Å². The number of nitrogens with one attached hydrogen (secondary N) is 1. The molecule has 0 amide bonds. The molecule has 2 aliphatic heterocycles. The van der Waals surface area contributed by atoms with E-state index in [2.05, 4.69) is 15.3 Å².